The Morgan fingerprint density at radius 3 is 3.05 bits per heavy atom. The highest BCUT2D eigenvalue weighted by atomic mass is 19.1. The first-order chi connectivity index (χ1) is 10.0. The van der Waals surface area contributed by atoms with Crippen molar-refractivity contribution < 1.29 is 19.0 Å². The Kier molecular flexibility index (Phi) is 5.27. The zero-order chi connectivity index (χ0) is 15.4. The number of nitrogens with zero attached hydrogens (tertiary/aromatic N) is 1. The number of aliphatic hydroxyl groups is 1. The molecular formula is C13H19FN2O5. The molecule has 0 amide bonds. The van der Waals surface area contributed by atoms with Crippen molar-refractivity contribution in [2.24, 2.45) is 0 Å². The Morgan fingerprint density at radius 1 is 1.57 bits per heavy atom. The highest BCUT2D eigenvalue weighted by Gasteiger charge is 2.35. The number of H-pyrrole nitrogens is 1. The van der Waals surface area contributed by atoms with Crippen LogP contribution in [0.4, 0.5) is 4.39 Å². The van der Waals surface area contributed by atoms with Crippen LogP contribution >= 0.6 is 0 Å². The van der Waals surface area contributed by atoms with Crippen LogP contribution in [0.1, 0.15) is 24.6 Å². The number of hydrogen-bond donors (Lipinski definition) is 2. The number of aliphatic hydroxyl groups excluding tert-OH is 1. The number of hydrogen-bond acceptors (Lipinski definition) is 5. The van der Waals surface area contributed by atoms with E-state index < -0.39 is 36.4 Å². The molecule has 2 N–H and O–H groups in total. The van der Waals surface area contributed by atoms with E-state index in [1.165, 1.54) is 10.8 Å². The molecule has 1 fully saturated rings. The number of aromatic nitrogens is 2. The van der Waals surface area contributed by atoms with Gasteiger partial charge in [-0.3, -0.25) is 18.7 Å². The molecule has 2 heterocycles. The van der Waals surface area contributed by atoms with E-state index in [0.717, 1.165) is 0 Å². The topological polar surface area (TPSA) is 93.6 Å². The highest BCUT2D eigenvalue weighted by Crippen LogP contribution is 2.27. The molecule has 0 bridgehead atoms. The molecule has 1 aromatic heterocycles. The second kappa shape index (κ2) is 6.97. The summed E-state index contributed by atoms with van der Waals surface area (Å²) in [5, 5.41) is 9.93. The van der Waals surface area contributed by atoms with Crippen LogP contribution in [0.15, 0.2) is 15.8 Å². The number of alkyl halides is 1. The number of aromatic amines is 1. The number of nitrogens with one attached hydrogen (secondary N) is 1. The molecule has 0 aromatic carbocycles. The van der Waals surface area contributed by atoms with Gasteiger partial charge in [0.05, 0.1) is 19.4 Å². The lowest BCUT2D eigenvalue weighted by molar-refractivity contribution is -0.0640. The van der Waals surface area contributed by atoms with Crippen LogP contribution in [-0.4, -0.2) is 46.8 Å². The Morgan fingerprint density at radius 2 is 2.33 bits per heavy atom. The maximum atomic E-state index is 11.9. The first kappa shape index (κ1) is 15.9. The molecule has 0 spiro atoms. The quantitative estimate of drug-likeness (QED) is 0.714. The fraction of sp³-hybridized carbons (Fsp3) is 0.692. The van der Waals surface area contributed by atoms with E-state index in [1.807, 2.05) is 0 Å². The summed E-state index contributed by atoms with van der Waals surface area (Å²) in [5.74, 6) is 0. The van der Waals surface area contributed by atoms with Crippen LogP contribution in [0.25, 0.3) is 0 Å². The second-order valence-corrected chi connectivity index (χ2v) is 5.03. The number of aryl methyl sites for hydroxylation is 1. The van der Waals surface area contributed by atoms with Crippen LogP contribution in [0.3, 0.4) is 0 Å². The van der Waals surface area contributed by atoms with Crippen molar-refractivity contribution in [3.8, 4) is 0 Å². The van der Waals surface area contributed by atoms with E-state index in [4.69, 9.17) is 9.47 Å². The lowest BCUT2D eigenvalue weighted by Crippen LogP contribution is -2.33. The van der Waals surface area contributed by atoms with Gasteiger partial charge in [-0.05, 0) is 13.3 Å². The van der Waals surface area contributed by atoms with Gasteiger partial charge in [-0.25, -0.2) is 4.79 Å². The van der Waals surface area contributed by atoms with Crippen molar-refractivity contribution in [3.63, 3.8) is 0 Å². The Bertz CT molecular complexity index is 585. The summed E-state index contributed by atoms with van der Waals surface area (Å²) in [4.78, 5) is 25.3. The van der Waals surface area contributed by atoms with Gasteiger partial charge in [0.1, 0.15) is 12.3 Å². The molecular weight excluding hydrogens is 283 g/mol. The molecule has 2 rings (SSSR count). The van der Waals surface area contributed by atoms with E-state index in [1.54, 1.807) is 6.92 Å². The SMILES string of the molecule is Cc1cn([C@H]2C[C@H](O)[C@@H](COCCCF)O2)c(=O)[nH]c1=O. The maximum Gasteiger partial charge on any atom is 0.330 e. The molecule has 0 unspecified atom stereocenters. The van der Waals surface area contributed by atoms with Crippen molar-refractivity contribution in [3.05, 3.63) is 32.6 Å². The molecule has 0 radical (unpaired) electrons. The average molecular weight is 302 g/mol. The third-order valence-electron chi connectivity index (χ3n) is 3.36. The molecule has 0 aliphatic carbocycles. The number of ether oxygens (including phenoxy) is 2. The molecule has 21 heavy (non-hydrogen) atoms. The van der Waals surface area contributed by atoms with Gasteiger partial charge in [0.2, 0.25) is 0 Å². The first-order valence-corrected chi connectivity index (χ1v) is 6.82. The van der Waals surface area contributed by atoms with Crippen molar-refractivity contribution in [2.45, 2.75) is 38.2 Å². The molecule has 1 aliphatic heterocycles. The molecule has 7 nitrogen and oxygen atoms in total. The Labute approximate surface area is 120 Å². The third-order valence-corrected chi connectivity index (χ3v) is 3.36. The summed E-state index contributed by atoms with van der Waals surface area (Å²) >= 11 is 0. The Hall–Kier alpha value is -1.51. The van der Waals surface area contributed by atoms with Crippen LogP contribution in [0.5, 0.6) is 0 Å². The maximum absolute atomic E-state index is 11.9. The van der Waals surface area contributed by atoms with E-state index in [0.29, 0.717) is 12.0 Å². The van der Waals surface area contributed by atoms with Gasteiger partial charge in [-0.1, -0.05) is 0 Å². The molecule has 1 aliphatic rings. The highest BCUT2D eigenvalue weighted by molar-refractivity contribution is 5.02. The van der Waals surface area contributed by atoms with Crippen LogP contribution in [0, 0.1) is 6.92 Å². The summed E-state index contributed by atoms with van der Waals surface area (Å²) in [6.07, 6.45) is -0.0795. The first-order valence-electron chi connectivity index (χ1n) is 6.82. The monoisotopic (exact) mass is 302 g/mol. The summed E-state index contributed by atoms with van der Waals surface area (Å²) in [6.45, 7) is 1.51. The van der Waals surface area contributed by atoms with Gasteiger partial charge >= 0.3 is 5.69 Å². The summed E-state index contributed by atoms with van der Waals surface area (Å²) < 4.78 is 24.0. The third kappa shape index (κ3) is 3.78. The fourth-order valence-electron chi connectivity index (χ4n) is 2.19. The predicted octanol–water partition coefficient (Wildman–Crippen LogP) is -0.130. The summed E-state index contributed by atoms with van der Waals surface area (Å²) in [6, 6.07) is 0. The van der Waals surface area contributed by atoms with Crippen molar-refractivity contribution in [2.75, 3.05) is 19.9 Å². The molecule has 1 aromatic rings. The zero-order valence-electron chi connectivity index (χ0n) is 11.8. The predicted molar refractivity (Wildman–Crippen MR) is 72.0 cm³/mol. The fourth-order valence-corrected chi connectivity index (χ4v) is 2.19. The minimum Gasteiger partial charge on any atom is -0.390 e. The van der Waals surface area contributed by atoms with Gasteiger partial charge in [-0.15, -0.1) is 0 Å². The van der Waals surface area contributed by atoms with Gasteiger partial charge in [-0.2, -0.15) is 0 Å². The summed E-state index contributed by atoms with van der Waals surface area (Å²) in [7, 11) is 0. The standard InChI is InChI=1S/C13H19FN2O5/c1-8-6-16(13(19)15-12(8)18)11-5-9(17)10(21-11)7-20-4-2-3-14/h6,9-11,17H,2-5,7H2,1H3,(H,15,18,19)/t9-,10+,11+/m0/s1. The smallest absolute Gasteiger partial charge is 0.330 e. The van der Waals surface area contributed by atoms with E-state index in [2.05, 4.69) is 4.98 Å². The number of rotatable bonds is 6. The van der Waals surface area contributed by atoms with Crippen LogP contribution < -0.4 is 11.2 Å². The van der Waals surface area contributed by atoms with E-state index in [-0.39, 0.29) is 19.6 Å². The van der Waals surface area contributed by atoms with Crippen molar-refractivity contribution >= 4 is 0 Å². The van der Waals surface area contributed by atoms with Gasteiger partial charge < -0.3 is 14.6 Å². The van der Waals surface area contributed by atoms with E-state index >= 15 is 0 Å². The lowest BCUT2D eigenvalue weighted by Gasteiger charge is -2.16. The van der Waals surface area contributed by atoms with Crippen molar-refractivity contribution in [1.29, 1.82) is 0 Å². The molecule has 8 heteroatoms. The molecule has 3 atom stereocenters. The lowest BCUT2D eigenvalue weighted by atomic mass is 10.2. The zero-order valence-corrected chi connectivity index (χ0v) is 11.8. The normalized spacial score (nSPS) is 25.4. The molecule has 0 saturated carbocycles. The Balaban J connectivity index is 2.02. The summed E-state index contributed by atoms with van der Waals surface area (Å²) in [5.41, 5.74) is -0.641. The minimum atomic E-state index is -0.778. The van der Waals surface area contributed by atoms with Gasteiger partial charge in [0.25, 0.3) is 5.56 Å². The van der Waals surface area contributed by atoms with Gasteiger partial charge in [0.15, 0.2) is 0 Å². The largest absolute Gasteiger partial charge is 0.390 e. The van der Waals surface area contributed by atoms with Crippen molar-refractivity contribution in [1.82, 2.24) is 9.55 Å². The van der Waals surface area contributed by atoms with Crippen LogP contribution in [-0.2, 0) is 9.47 Å². The van der Waals surface area contributed by atoms with E-state index in [9.17, 15) is 19.1 Å². The molecule has 1 saturated heterocycles. The van der Waals surface area contributed by atoms with Crippen LogP contribution in [0.2, 0.25) is 0 Å². The van der Waals surface area contributed by atoms with Gasteiger partial charge in [0, 0.05) is 24.8 Å². The average Bonchev–Trinajstić information content (AvgIpc) is 2.80. The second-order valence-electron chi connectivity index (χ2n) is 5.03. The number of halogens is 1. The molecule has 118 valence electrons. The minimum absolute atomic E-state index is 0.134.